The fourth-order valence-electron chi connectivity index (χ4n) is 2.76. The number of aromatic nitrogens is 3. The van der Waals surface area contributed by atoms with Crippen LogP contribution in [0.15, 0.2) is 41.1 Å². The van der Waals surface area contributed by atoms with Crippen LogP contribution in [0.4, 0.5) is 10.5 Å². The van der Waals surface area contributed by atoms with Crippen molar-refractivity contribution in [3.05, 3.63) is 59.2 Å². The highest BCUT2D eigenvalue weighted by atomic mass is 16.5. The lowest BCUT2D eigenvalue weighted by Crippen LogP contribution is -2.31. The highest BCUT2D eigenvalue weighted by Crippen LogP contribution is 2.17. The van der Waals surface area contributed by atoms with Crippen molar-refractivity contribution in [3.8, 4) is 5.69 Å². The molecule has 0 aliphatic heterocycles. The average molecular weight is 397 g/mol. The second kappa shape index (κ2) is 8.59. The van der Waals surface area contributed by atoms with Gasteiger partial charge in [-0.3, -0.25) is 0 Å². The first-order chi connectivity index (χ1) is 13.9. The van der Waals surface area contributed by atoms with Gasteiger partial charge in [0.25, 0.3) is 0 Å². The predicted octanol–water partition coefficient (Wildman–Crippen LogP) is 3.32. The summed E-state index contributed by atoms with van der Waals surface area (Å²) in [5.41, 5.74) is 3.18. The smallest absolute Gasteiger partial charge is 0.358 e. The number of hydrogen-bond acceptors (Lipinski definition) is 6. The van der Waals surface area contributed by atoms with E-state index in [-0.39, 0.29) is 18.3 Å². The van der Waals surface area contributed by atoms with E-state index in [1.807, 2.05) is 19.9 Å². The van der Waals surface area contributed by atoms with E-state index < -0.39 is 5.97 Å². The Bertz CT molecular complexity index is 1000. The van der Waals surface area contributed by atoms with Crippen molar-refractivity contribution in [1.82, 2.24) is 19.8 Å². The van der Waals surface area contributed by atoms with Gasteiger partial charge in [-0.05, 0) is 45.0 Å². The minimum atomic E-state index is -0.475. The maximum atomic E-state index is 12.6. The molecule has 0 spiro atoms. The molecule has 1 N–H and O–H groups in total. The summed E-state index contributed by atoms with van der Waals surface area (Å²) in [7, 11) is 1.70. The molecule has 0 fully saturated rings. The van der Waals surface area contributed by atoms with Crippen LogP contribution in [0, 0.1) is 13.8 Å². The molecule has 0 saturated carbocycles. The molecule has 2 aromatic heterocycles. The number of urea groups is 1. The quantitative estimate of drug-likeness (QED) is 0.640. The molecule has 0 unspecified atom stereocenters. The third-order valence-electron chi connectivity index (χ3n) is 4.36. The molecule has 152 valence electrons. The number of nitrogens with one attached hydrogen (secondary N) is 1. The zero-order chi connectivity index (χ0) is 21.0. The van der Waals surface area contributed by atoms with Crippen molar-refractivity contribution < 1.29 is 18.8 Å². The van der Waals surface area contributed by atoms with Crippen LogP contribution < -0.4 is 5.32 Å². The third-order valence-corrected chi connectivity index (χ3v) is 4.36. The predicted molar refractivity (Wildman–Crippen MR) is 106 cm³/mol. The Morgan fingerprint density at radius 2 is 2.07 bits per heavy atom. The first-order valence-electron chi connectivity index (χ1n) is 9.16. The number of hydrogen-bond donors (Lipinski definition) is 1. The fourth-order valence-corrected chi connectivity index (χ4v) is 2.76. The number of carbonyl (C=O) groups excluding carboxylic acids is 2. The van der Waals surface area contributed by atoms with Gasteiger partial charge < -0.3 is 19.5 Å². The minimum absolute atomic E-state index is 0.223. The van der Waals surface area contributed by atoms with E-state index in [4.69, 9.17) is 9.26 Å². The monoisotopic (exact) mass is 397 g/mol. The van der Waals surface area contributed by atoms with Gasteiger partial charge in [0.15, 0.2) is 5.69 Å². The average Bonchev–Trinajstić information content (AvgIpc) is 3.31. The molecule has 2 amide bonds. The maximum Gasteiger partial charge on any atom is 0.358 e. The van der Waals surface area contributed by atoms with Gasteiger partial charge in [-0.1, -0.05) is 11.2 Å². The highest BCUT2D eigenvalue weighted by molar-refractivity contribution is 5.89. The Labute approximate surface area is 168 Å². The molecule has 9 nitrogen and oxygen atoms in total. The number of carbonyl (C=O) groups is 2. The molecular formula is C20H23N5O4. The van der Waals surface area contributed by atoms with Gasteiger partial charge in [0, 0.05) is 24.5 Å². The lowest BCUT2D eigenvalue weighted by atomic mass is 10.2. The summed E-state index contributed by atoms with van der Waals surface area (Å²) in [5, 5.41) is 11.0. The van der Waals surface area contributed by atoms with Gasteiger partial charge in [0.2, 0.25) is 0 Å². The summed E-state index contributed by atoms with van der Waals surface area (Å²) >= 11 is 0. The molecule has 0 radical (unpaired) electrons. The largest absolute Gasteiger partial charge is 0.461 e. The summed E-state index contributed by atoms with van der Waals surface area (Å²) in [6.45, 7) is 6.07. The molecule has 1 aromatic carbocycles. The molecule has 9 heteroatoms. The van der Waals surface area contributed by atoms with E-state index in [0.29, 0.717) is 23.7 Å². The SMILES string of the molecule is CCOC(=O)c1ccn(-c2cccc(NC(=O)N(C)Cc3c(C)noc3C)c2)n1. The van der Waals surface area contributed by atoms with E-state index in [1.54, 1.807) is 54.0 Å². The molecule has 3 rings (SSSR count). The Balaban J connectivity index is 1.69. The van der Waals surface area contributed by atoms with Crippen LogP contribution in [0.2, 0.25) is 0 Å². The molecule has 0 aliphatic rings. The Kier molecular flexibility index (Phi) is 5.96. The van der Waals surface area contributed by atoms with Crippen LogP contribution in [0.5, 0.6) is 0 Å². The molecular weight excluding hydrogens is 374 g/mol. The summed E-state index contributed by atoms with van der Waals surface area (Å²) in [5.74, 6) is 0.219. The highest BCUT2D eigenvalue weighted by Gasteiger charge is 2.16. The number of esters is 1. The summed E-state index contributed by atoms with van der Waals surface area (Å²) in [6.07, 6.45) is 1.66. The zero-order valence-corrected chi connectivity index (χ0v) is 16.8. The second-order valence-electron chi connectivity index (χ2n) is 6.51. The normalized spacial score (nSPS) is 10.6. The van der Waals surface area contributed by atoms with E-state index in [0.717, 1.165) is 11.3 Å². The van der Waals surface area contributed by atoms with Crippen molar-refractivity contribution in [2.75, 3.05) is 19.0 Å². The van der Waals surface area contributed by atoms with Crippen LogP contribution in [-0.2, 0) is 11.3 Å². The van der Waals surface area contributed by atoms with E-state index >= 15 is 0 Å². The molecule has 0 saturated heterocycles. The zero-order valence-electron chi connectivity index (χ0n) is 16.8. The molecule has 0 atom stereocenters. The first-order valence-corrected chi connectivity index (χ1v) is 9.16. The van der Waals surface area contributed by atoms with Crippen LogP contribution >= 0.6 is 0 Å². The van der Waals surface area contributed by atoms with Crippen molar-refractivity contribution in [3.63, 3.8) is 0 Å². The number of anilines is 1. The maximum absolute atomic E-state index is 12.6. The summed E-state index contributed by atoms with van der Waals surface area (Å²) in [6, 6.07) is 8.48. The minimum Gasteiger partial charge on any atom is -0.461 e. The number of amides is 2. The lowest BCUT2D eigenvalue weighted by molar-refractivity contribution is 0.0519. The topological polar surface area (TPSA) is 102 Å². The van der Waals surface area contributed by atoms with Gasteiger partial charge in [0.05, 0.1) is 24.5 Å². The Morgan fingerprint density at radius 1 is 1.28 bits per heavy atom. The number of benzene rings is 1. The van der Waals surface area contributed by atoms with E-state index in [1.165, 1.54) is 0 Å². The molecule has 2 heterocycles. The van der Waals surface area contributed by atoms with Crippen LogP contribution in [0.25, 0.3) is 5.69 Å². The fraction of sp³-hybridized carbons (Fsp3) is 0.300. The summed E-state index contributed by atoms with van der Waals surface area (Å²) < 4.78 is 11.6. The van der Waals surface area contributed by atoms with Crippen LogP contribution in [0.1, 0.15) is 34.4 Å². The first kappa shape index (κ1) is 20.1. The van der Waals surface area contributed by atoms with Gasteiger partial charge in [-0.25, -0.2) is 14.3 Å². The third kappa shape index (κ3) is 4.63. The van der Waals surface area contributed by atoms with Crippen LogP contribution in [0.3, 0.4) is 0 Å². The van der Waals surface area contributed by atoms with Gasteiger partial charge >= 0.3 is 12.0 Å². The van der Waals surface area contributed by atoms with Crippen molar-refractivity contribution in [2.45, 2.75) is 27.3 Å². The standard InChI is InChI=1S/C20H23N5O4/c1-5-28-19(26)18-9-10-25(22-18)16-8-6-7-15(11-16)21-20(27)24(4)12-17-13(2)23-29-14(17)3/h6-11H,5,12H2,1-4H3,(H,21,27). The number of rotatable bonds is 6. The van der Waals surface area contributed by atoms with Gasteiger partial charge in [-0.15, -0.1) is 0 Å². The number of ether oxygens (including phenoxy) is 1. The molecule has 0 aliphatic carbocycles. The van der Waals surface area contributed by atoms with E-state index in [2.05, 4.69) is 15.6 Å². The molecule has 3 aromatic rings. The lowest BCUT2D eigenvalue weighted by Gasteiger charge is -2.18. The van der Waals surface area contributed by atoms with Crippen LogP contribution in [-0.4, -0.2) is 45.5 Å². The summed E-state index contributed by atoms with van der Waals surface area (Å²) in [4.78, 5) is 25.9. The Morgan fingerprint density at radius 3 is 2.76 bits per heavy atom. The van der Waals surface area contributed by atoms with Gasteiger partial charge in [-0.2, -0.15) is 5.10 Å². The van der Waals surface area contributed by atoms with Gasteiger partial charge in [0.1, 0.15) is 5.76 Å². The molecule has 29 heavy (non-hydrogen) atoms. The van der Waals surface area contributed by atoms with E-state index in [9.17, 15) is 9.59 Å². The molecule has 0 bridgehead atoms. The number of aryl methyl sites for hydroxylation is 2. The van der Waals surface area contributed by atoms with Crippen molar-refractivity contribution in [1.29, 1.82) is 0 Å². The number of nitrogens with zero attached hydrogens (tertiary/aromatic N) is 4. The van der Waals surface area contributed by atoms with Crippen molar-refractivity contribution >= 4 is 17.7 Å². The van der Waals surface area contributed by atoms with Crippen molar-refractivity contribution in [2.24, 2.45) is 0 Å². The Hall–Kier alpha value is -3.62. The second-order valence-corrected chi connectivity index (χ2v) is 6.51.